The van der Waals surface area contributed by atoms with Crippen molar-refractivity contribution in [3.05, 3.63) is 65.2 Å². The monoisotopic (exact) mass is 339 g/mol. The van der Waals surface area contributed by atoms with Gasteiger partial charge in [-0.25, -0.2) is 0 Å². The molecule has 1 aliphatic rings. The van der Waals surface area contributed by atoms with Gasteiger partial charge in [0.1, 0.15) is 5.75 Å². The zero-order valence-corrected chi connectivity index (χ0v) is 14.3. The number of hydrogen-bond donors (Lipinski definition) is 1. The van der Waals surface area contributed by atoms with Crippen LogP contribution in [0.15, 0.2) is 48.5 Å². The van der Waals surface area contributed by atoms with Crippen LogP contribution < -0.4 is 4.74 Å². The summed E-state index contributed by atoms with van der Waals surface area (Å²) in [5, 5.41) is 9.58. The molecule has 2 aromatic carbocycles. The summed E-state index contributed by atoms with van der Waals surface area (Å²) in [4.78, 5) is 26.2. The van der Waals surface area contributed by atoms with Gasteiger partial charge in [-0.3, -0.25) is 9.59 Å². The molecule has 0 aliphatic carbocycles. The lowest BCUT2D eigenvalue weighted by atomic mass is 9.89. The molecule has 5 heteroatoms. The maximum Gasteiger partial charge on any atom is 0.308 e. The first-order valence-electron chi connectivity index (χ1n) is 8.23. The Morgan fingerprint density at radius 1 is 1.12 bits per heavy atom. The molecular formula is C20H21NO4. The Bertz CT molecular complexity index is 788. The van der Waals surface area contributed by atoms with E-state index in [1.54, 1.807) is 24.1 Å². The van der Waals surface area contributed by atoms with Crippen molar-refractivity contribution in [1.29, 1.82) is 0 Å². The highest BCUT2D eigenvalue weighted by Crippen LogP contribution is 2.34. The largest absolute Gasteiger partial charge is 0.496 e. The van der Waals surface area contributed by atoms with Gasteiger partial charge in [0.15, 0.2) is 0 Å². The van der Waals surface area contributed by atoms with Crippen LogP contribution in [0.2, 0.25) is 0 Å². The highest BCUT2D eigenvalue weighted by atomic mass is 16.5. The topological polar surface area (TPSA) is 66.8 Å². The average Bonchev–Trinajstić information content (AvgIpc) is 3.08. The first-order chi connectivity index (χ1) is 12.0. The third-order valence-electron chi connectivity index (χ3n) is 4.81. The quantitative estimate of drug-likeness (QED) is 0.930. The number of carboxylic acid groups (broad SMARTS) is 1. The number of carboxylic acids is 1. The summed E-state index contributed by atoms with van der Waals surface area (Å²) in [5.74, 6) is -1.18. The number of carbonyl (C=O) groups excluding carboxylic acids is 1. The number of aliphatic carboxylic acids is 1. The Labute approximate surface area is 146 Å². The van der Waals surface area contributed by atoms with E-state index in [-0.39, 0.29) is 18.4 Å². The highest BCUT2D eigenvalue weighted by Gasteiger charge is 2.40. The molecule has 2 unspecified atom stereocenters. The Morgan fingerprint density at radius 3 is 2.48 bits per heavy atom. The van der Waals surface area contributed by atoms with E-state index in [2.05, 4.69) is 0 Å². The Kier molecular flexibility index (Phi) is 4.74. The van der Waals surface area contributed by atoms with Gasteiger partial charge in [-0.2, -0.15) is 0 Å². The molecule has 1 amide bonds. The van der Waals surface area contributed by atoms with E-state index < -0.39 is 11.9 Å². The number of likely N-dealkylation sites (tertiary alicyclic amines) is 1. The van der Waals surface area contributed by atoms with Crippen LogP contribution in [-0.4, -0.2) is 42.1 Å². The predicted molar refractivity (Wildman–Crippen MR) is 93.9 cm³/mol. The van der Waals surface area contributed by atoms with Gasteiger partial charge in [0.25, 0.3) is 5.91 Å². The molecule has 1 saturated heterocycles. The van der Waals surface area contributed by atoms with Gasteiger partial charge in [-0.1, -0.05) is 36.4 Å². The van der Waals surface area contributed by atoms with Crippen molar-refractivity contribution in [2.24, 2.45) is 5.92 Å². The van der Waals surface area contributed by atoms with Crippen molar-refractivity contribution in [3.63, 3.8) is 0 Å². The molecule has 1 N–H and O–H groups in total. The molecule has 2 aromatic rings. The van der Waals surface area contributed by atoms with E-state index in [1.165, 1.54) is 0 Å². The lowest BCUT2D eigenvalue weighted by Crippen LogP contribution is -2.29. The smallest absolute Gasteiger partial charge is 0.308 e. The second-order valence-corrected chi connectivity index (χ2v) is 6.36. The summed E-state index contributed by atoms with van der Waals surface area (Å²) in [6.45, 7) is 2.52. The van der Waals surface area contributed by atoms with Crippen molar-refractivity contribution in [3.8, 4) is 5.75 Å². The molecule has 1 aliphatic heterocycles. The molecule has 25 heavy (non-hydrogen) atoms. The fourth-order valence-electron chi connectivity index (χ4n) is 3.39. The standard InChI is InChI=1S/C20H21NO4/c1-13-8-9-15(10-18(13)25-2)19(22)21-11-16(17(12-21)20(23)24)14-6-4-3-5-7-14/h3-10,16-17H,11-12H2,1-2H3,(H,23,24). The zero-order valence-electron chi connectivity index (χ0n) is 14.3. The number of ether oxygens (including phenoxy) is 1. The summed E-state index contributed by atoms with van der Waals surface area (Å²) in [6, 6.07) is 14.8. The summed E-state index contributed by atoms with van der Waals surface area (Å²) in [5.41, 5.74) is 2.41. The lowest BCUT2D eigenvalue weighted by Gasteiger charge is -2.17. The van der Waals surface area contributed by atoms with Crippen molar-refractivity contribution >= 4 is 11.9 Å². The summed E-state index contributed by atoms with van der Waals surface area (Å²) in [6.07, 6.45) is 0. The summed E-state index contributed by atoms with van der Waals surface area (Å²) < 4.78 is 5.28. The van der Waals surface area contributed by atoms with E-state index >= 15 is 0 Å². The number of amides is 1. The van der Waals surface area contributed by atoms with Crippen molar-refractivity contribution in [2.75, 3.05) is 20.2 Å². The van der Waals surface area contributed by atoms with Crippen LogP contribution in [-0.2, 0) is 4.79 Å². The molecule has 130 valence electrons. The molecule has 0 saturated carbocycles. The van der Waals surface area contributed by atoms with Crippen molar-refractivity contribution < 1.29 is 19.4 Å². The minimum absolute atomic E-state index is 0.164. The van der Waals surface area contributed by atoms with Gasteiger partial charge in [0.2, 0.25) is 0 Å². The molecule has 1 fully saturated rings. The molecule has 0 aromatic heterocycles. The molecule has 0 radical (unpaired) electrons. The fourth-order valence-corrected chi connectivity index (χ4v) is 3.39. The van der Waals surface area contributed by atoms with Crippen LogP contribution in [0.3, 0.4) is 0 Å². The van der Waals surface area contributed by atoms with Crippen molar-refractivity contribution in [2.45, 2.75) is 12.8 Å². The Balaban J connectivity index is 1.86. The maximum absolute atomic E-state index is 12.8. The third-order valence-corrected chi connectivity index (χ3v) is 4.81. The van der Waals surface area contributed by atoms with E-state index in [0.717, 1.165) is 11.1 Å². The molecule has 1 heterocycles. The Hall–Kier alpha value is -2.82. The molecule has 2 atom stereocenters. The van der Waals surface area contributed by atoms with Gasteiger partial charge >= 0.3 is 5.97 Å². The van der Waals surface area contributed by atoms with E-state index in [9.17, 15) is 14.7 Å². The number of hydrogen-bond acceptors (Lipinski definition) is 3. The summed E-state index contributed by atoms with van der Waals surface area (Å²) >= 11 is 0. The highest BCUT2D eigenvalue weighted by molar-refractivity contribution is 5.95. The molecule has 0 spiro atoms. The zero-order chi connectivity index (χ0) is 18.0. The van der Waals surface area contributed by atoms with Crippen LogP contribution in [0.5, 0.6) is 5.75 Å². The van der Waals surface area contributed by atoms with Gasteiger partial charge in [-0.15, -0.1) is 0 Å². The normalized spacial score (nSPS) is 19.7. The average molecular weight is 339 g/mol. The fraction of sp³-hybridized carbons (Fsp3) is 0.300. The molecule has 0 bridgehead atoms. The van der Waals surface area contributed by atoms with Gasteiger partial charge in [-0.05, 0) is 30.2 Å². The number of carbonyl (C=O) groups is 2. The molecular weight excluding hydrogens is 318 g/mol. The van der Waals surface area contributed by atoms with Gasteiger partial charge in [0, 0.05) is 24.6 Å². The third kappa shape index (κ3) is 3.36. The minimum Gasteiger partial charge on any atom is -0.496 e. The Morgan fingerprint density at radius 2 is 1.84 bits per heavy atom. The van der Waals surface area contributed by atoms with Crippen LogP contribution in [0.1, 0.15) is 27.4 Å². The van der Waals surface area contributed by atoms with E-state index in [0.29, 0.717) is 17.9 Å². The van der Waals surface area contributed by atoms with Crippen molar-refractivity contribution in [1.82, 2.24) is 4.90 Å². The first-order valence-corrected chi connectivity index (χ1v) is 8.23. The van der Waals surface area contributed by atoms with Crippen LogP contribution >= 0.6 is 0 Å². The van der Waals surface area contributed by atoms with E-state index in [1.807, 2.05) is 43.3 Å². The number of nitrogens with zero attached hydrogens (tertiary/aromatic N) is 1. The van der Waals surface area contributed by atoms with E-state index in [4.69, 9.17) is 4.74 Å². The predicted octanol–water partition coefficient (Wildman–Crippen LogP) is 2.94. The van der Waals surface area contributed by atoms with Crippen LogP contribution in [0.4, 0.5) is 0 Å². The molecule has 3 rings (SSSR count). The first kappa shape index (κ1) is 17.0. The number of benzene rings is 2. The van der Waals surface area contributed by atoms with Crippen LogP contribution in [0.25, 0.3) is 0 Å². The number of rotatable bonds is 4. The van der Waals surface area contributed by atoms with Crippen LogP contribution in [0, 0.1) is 12.8 Å². The number of aryl methyl sites for hydroxylation is 1. The maximum atomic E-state index is 12.8. The summed E-state index contributed by atoms with van der Waals surface area (Å²) in [7, 11) is 1.57. The van der Waals surface area contributed by atoms with Gasteiger partial charge in [0.05, 0.1) is 13.0 Å². The van der Waals surface area contributed by atoms with Gasteiger partial charge < -0.3 is 14.7 Å². The second-order valence-electron chi connectivity index (χ2n) is 6.36. The SMILES string of the molecule is COc1cc(C(=O)N2CC(C(=O)O)C(c3ccccc3)C2)ccc1C. The lowest BCUT2D eigenvalue weighted by molar-refractivity contribution is -0.141. The number of methoxy groups -OCH3 is 1. The minimum atomic E-state index is -0.870. The molecule has 5 nitrogen and oxygen atoms in total. The second kappa shape index (κ2) is 6.97.